The third kappa shape index (κ3) is 16.4. The van der Waals surface area contributed by atoms with Gasteiger partial charge in [-0.3, -0.25) is 0 Å². The van der Waals surface area contributed by atoms with Crippen molar-refractivity contribution in [1.29, 1.82) is 0 Å². The van der Waals surface area contributed by atoms with E-state index in [9.17, 15) is 0 Å². The number of hydrogen-bond acceptors (Lipinski definition) is 0. The molecule has 0 saturated heterocycles. The molecule has 12 aromatic rings. The molecule has 5 heterocycles. The predicted molar refractivity (Wildman–Crippen MR) is 364 cm³/mol. The molecule has 5 aromatic heterocycles. The van der Waals surface area contributed by atoms with Gasteiger partial charge in [-0.2, -0.15) is 0 Å². The van der Waals surface area contributed by atoms with Crippen molar-refractivity contribution in [2.45, 2.75) is 69.1 Å². The molecule has 0 saturated carbocycles. The number of nitrogens with zero attached hydrogens (tertiary/aromatic N) is 5. The fraction of sp³-hybridized carbons (Fsp3) is 0.183. The highest BCUT2D eigenvalue weighted by Crippen LogP contribution is 2.28. The first kappa shape index (κ1) is 55.2. The fourth-order valence-corrected chi connectivity index (χ4v) is 10.7. The van der Waals surface area contributed by atoms with Crippen LogP contribution >= 0.6 is 0 Å². The Kier molecular flexibility index (Phi) is 19.0. The third-order valence-corrected chi connectivity index (χ3v) is 16.0. The highest BCUT2D eigenvalue weighted by Gasteiger charge is 2.18. The van der Waals surface area contributed by atoms with Crippen LogP contribution in [0.5, 0.6) is 0 Å². The van der Waals surface area contributed by atoms with Crippen molar-refractivity contribution in [2.75, 3.05) is 0 Å². The van der Waals surface area contributed by atoms with Gasteiger partial charge in [-0.25, -0.2) is 22.8 Å². The second kappa shape index (κ2) is 29.9. The minimum Gasteiger partial charge on any atom is -0.201 e. The van der Waals surface area contributed by atoms with Gasteiger partial charge in [0.05, 0.1) is 0 Å². The maximum atomic E-state index is 7.55. The first-order valence-electron chi connectivity index (χ1n) is 32.7. The van der Waals surface area contributed by atoms with Gasteiger partial charge in [0.1, 0.15) is 35.2 Å². The zero-order chi connectivity index (χ0) is 67.1. The second-order valence-electron chi connectivity index (χ2n) is 22.5. The Bertz CT molecular complexity index is 4520. The molecule has 0 amide bonds. The fourth-order valence-electron chi connectivity index (χ4n) is 10.7. The summed E-state index contributed by atoms with van der Waals surface area (Å²) in [5.74, 6) is 0. The lowest BCUT2D eigenvalue weighted by molar-refractivity contribution is -0.660. The first-order valence-corrected chi connectivity index (χ1v) is 29.7. The smallest absolute Gasteiger partial charge is 0.201 e. The molecule has 436 valence electrons. The average molecular weight is 1150 g/mol. The lowest BCUT2D eigenvalue weighted by Crippen LogP contribution is -2.31. The quantitative estimate of drug-likeness (QED) is 0.142. The lowest BCUT2D eigenvalue weighted by Gasteiger charge is -2.06. The minimum atomic E-state index is -2.06. The second-order valence-corrected chi connectivity index (χ2v) is 22.5. The van der Waals surface area contributed by atoms with Gasteiger partial charge in [0.15, 0.2) is 31.0 Å². The van der Waals surface area contributed by atoms with Crippen molar-refractivity contribution < 1.29 is 31.1 Å². The summed E-state index contributed by atoms with van der Waals surface area (Å²) in [6.07, 6.45) is 9.90. The number of rotatable bonds is 7. The summed E-state index contributed by atoms with van der Waals surface area (Å²) >= 11 is 0. The molecule has 0 radical (unpaired) electrons. The zero-order valence-corrected chi connectivity index (χ0v) is 53.1. The topological polar surface area (TPSA) is 19.4 Å². The van der Waals surface area contributed by atoms with E-state index >= 15 is 0 Å². The summed E-state index contributed by atoms with van der Waals surface area (Å²) in [5, 5.41) is 0. The highest BCUT2D eigenvalue weighted by atomic mass is 14.9. The summed E-state index contributed by atoms with van der Waals surface area (Å²) in [6, 6.07) is 79.3. The van der Waals surface area contributed by atoms with E-state index in [-0.39, 0.29) is 0 Å². The van der Waals surface area contributed by atoms with Crippen LogP contribution in [0, 0.1) is 69.1 Å². The molecular weight excluding hydrogens is 1050 g/mol. The first-order chi connectivity index (χ1) is 44.3. The Morgan fingerprint density at radius 1 is 0.230 bits per heavy atom. The summed E-state index contributed by atoms with van der Waals surface area (Å²) in [6.45, 7) is 12.6. The van der Waals surface area contributed by atoms with Crippen molar-refractivity contribution in [1.82, 2.24) is 0 Å². The monoisotopic (exact) mass is 1150 g/mol. The number of benzene rings is 7. The van der Waals surface area contributed by atoms with Gasteiger partial charge in [-0.05, 0) is 167 Å². The molecule has 0 fully saturated rings. The van der Waals surface area contributed by atoms with E-state index in [2.05, 4.69) is 265 Å². The summed E-state index contributed by atoms with van der Waals surface area (Å²) in [5.41, 5.74) is 27.5. The average Bonchev–Trinajstić information content (AvgIpc) is 0.980. The van der Waals surface area contributed by atoms with Gasteiger partial charge in [-0.15, -0.1) is 0 Å². The summed E-state index contributed by atoms with van der Waals surface area (Å²) in [4.78, 5) is 0. The molecule has 5 heteroatoms. The van der Waals surface area contributed by atoms with E-state index < -0.39 is 13.7 Å². The molecule has 0 aliphatic carbocycles. The molecule has 0 aliphatic heterocycles. The number of pyridine rings is 5. The van der Waals surface area contributed by atoms with E-state index in [1.165, 1.54) is 95.0 Å². The Labute approximate surface area is 528 Å². The molecule has 87 heavy (non-hydrogen) atoms. The van der Waals surface area contributed by atoms with Crippen LogP contribution in [0.3, 0.4) is 0 Å². The van der Waals surface area contributed by atoms with Crippen molar-refractivity contribution in [3.63, 3.8) is 0 Å². The maximum absolute atomic E-state index is 7.55. The van der Waals surface area contributed by atoms with Crippen LogP contribution in [0.4, 0.5) is 0 Å². The molecule has 0 N–H and O–H groups in total. The van der Waals surface area contributed by atoms with Crippen LogP contribution in [0.25, 0.3) is 78.5 Å². The number of hydrogen-bond donors (Lipinski definition) is 0. The predicted octanol–water partition coefficient (Wildman–Crippen LogP) is 17.3. The van der Waals surface area contributed by atoms with Crippen LogP contribution < -0.4 is 22.8 Å². The molecule has 0 aliphatic rings. The maximum Gasteiger partial charge on any atom is 0.213 e. The van der Waals surface area contributed by atoms with Gasteiger partial charge >= 0.3 is 0 Å². The lowest BCUT2D eigenvalue weighted by atomic mass is 10.0. The molecule has 7 aromatic carbocycles. The van der Waals surface area contributed by atoms with Gasteiger partial charge in [0.2, 0.25) is 28.5 Å². The van der Waals surface area contributed by atoms with Crippen LogP contribution in [-0.4, -0.2) is 0 Å². The van der Waals surface area contributed by atoms with Crippen molar-refractivity contribution in [3.8, 4) is 78.5 Å². The highest BCUT2D eigenvalue weighted by molar-refractivity contribution is 5.71. The normalized spacial score (nSPS) is 11.8. The number of aryl methyl sites for hydroxylation is 15. The van der Waals surface area contributed by atoms with E-state index in [0.717, 1.165) is 28.1 Å². The van der Waals surface area contributed by atoms with Gasteiger partial charge in [0, 0.05) is 94.7 Å². The van der Waals surface area contributed by atoms with Gasteiger partial charge in [0.25, 0.3) is 0 Å². The van der Waals surface area contributed by atoms with Crippen molar-refractivity contribution >= 4 is 0 Å². The number of aromatic nitrogens is 5. The molecule has 0 bridgehead atoms. The minimum absolute atomic E-state index is 0.363. The van der Waals surface area contributed by atoms with Gasteiger partial charge in [-0.1, -0.05) is 152 Å². The largest absolute Gasteiger partial charge is 0.213 e. The summed E-state index contributed by atoms with van der Waals surface area (Å²) in [7, 11) is 10.1. The van der Waals surface area contributed by atoms with E-state index in [4.69, 9.17) is 8.22 Å². The third-order valence-electron chi connectivity index (χ3n) is 16.0. The summed E-state index contributed by atoms with van der Waals surface area (Å²) < 4.78 is 55.2. The Hall–Kier alpha value is -9.71. The zero-order valence-electron chi connectivity index (χ0n) is 59.1. The van der Waals surface area contributed by atoms with Crippen LogP contribution in [0.1, 0.15) is 63.9 Å². The van der Waals surface area contributed by atoms with E-state index in [0.29, 0.717) is 11.1 Å². The van der Waals surface area contributed by atoms with Crippen molar-refractivity contribution in [2.24, 2.45) is 35.2 Å². The van der Waals surface area contributed by atoms with Crippen LogP contribution in [-0.2, 0) is 35.2 Å². The molecule has 0 atom stereocenters. The molecular formula is C82H88N5+5. The van der Waals surface area contributed by atoms with Crippen molar-refractivity contribution in [3.05, 3.63) is 317 Å². The van der Waals surface area contributed by atoms with E-state index in [1.54, 1.807) is 18.5 Å². The SMILES string of the molecule is Cc1cc(-c2ccccc2C)[n+](C)cc1C.Cc1ccccc1-c1cc(-c2ccccc2)cc[n+]1C.Cc1ccccc1-c1ccc(-c2ccccc2)c[n+]1C.[2H]C([2H])([2H])c1c[n+](C)c(-c2ccccc2C)cc1C.[2H]C([2H])([2H])c1ccc(-c2ccccc2C)[n+](C)c1. The Morgan fingerprint density at radius 3 is 0.977 bits per heavy atom. The molecule has 0 spiro atoms. The molecule has 5 nitrogen and oxygen atoms in total. The Morgan fingerprint density at radius 2 is 0.575 bits per heavy atom. The standard InChI is InChI=1S/2C19H18N.2C15H18N.C14H16N/c1-15-8-6-7-11-18(15)19-14-17(12-13-20(19)2)16-9-4-3-5-10-16;1-15-8-6-7-11-18(15)19-13-12-17(14-20(19)2)16-9-4-3-5-10-16;2*1-11-7-5-6-8-14(11)15-9-12(2)13(3)10-16(15)4;1-11-8-9-14(15(3)10-11)13-7-5-4-6-12(13)2/h2*3-14H,1-2H3;2*5-10H,1-4H3;4-10H,1-3H3/q5*+1/i;;3D3;;1D3. The van der Waals surface area contributed by atoms with Crippen LogP contribution in [0.2, 0.25) is 0 Å². The molecule has 0 unspecified atom stereocenters. The van der Waals surface area contributed by atoms with Crippen LogP contribution in [0.15, 0.2) is 262 Å². The van der Waals surface area contributed by atoms with E-state index in [1.807, 2.05) is 91.7 Å². The van der Waals surface area contributed by atoms with Gasteiger partial charge < -0.3 is 0 Å². The molecule has 12 rings (SSSR count). The Balaban J connectivity index is 0.000000150.